The molecule has 0 saturated carbocycles. The Bertz CT molecular complexity index is 625. The molecule has 1 amide bonds. The van der Waals surface area contributed by atoms with Crippen molar-refractivity contribution in [2.75, 3.05) is 6.61 Å². The van der Waals surface area contributed by atoms with Gasteiger partial charge in [0.2, 0.25) is 5.91 Å². The lowest BCUT2D eigenvalue weighted by Gasteiger charge is -2.03. The molecule has 2 heterocycles. The van der Waals surface area contributed by atoms with Gasteiger partial charge < -0.3 is 10.4 Å². The maximum atomic E-state index is 11.7. The minimum absolute atomic E-state index is 0.0215. The molecule has 0 spiro atoms. The van der Waals surface area contributed by atoms with Gasteiger partial charge in [0, 0.05) is 23.9 Å². The molecule has 0 unspecified atom stereocenters. The van der Waals surface area contributed by atoms with Crippen LogP contribution in [-0.4, -0.2) is 32.6 Å². The SMILES string of the molecule is O=C(CCn1ccnn1)NCc1ccc(C#CCCO)s1. The van der Waals surface area contributed by atoms with Crippen LogP contribution < -0.4 is 5.32 Å². The van der Waals surface area contributed by atoms with Crippen molar-refractivity contribution in [2.45, 2.75) is 25.9 Å². The molecule has 0 aromatic carbocycles. The van der Waals surface area contributed by atoms with E-state index in [1.54, 1.807) is 28.4 Å². The molecular weight excluding hydrogens is 288 g/mol. The van der Waals surface area contributed by atoms with Crippen molar-refractivity contribution in [1.82, 2.24) is 20.3 Å². The number of aliphatic hydroxyl groups is 1. The fourth-order valence-electron chi connectivity index (χ4n) is 1.59. The van der Waals surface area contributed by atoms with Gasteiger partial charge in [0.1, 0.15) is 0 Å². The number of carbonyl (C=O) groups excluding carboxylic acids is 1. The summed E-state index contributed by atoms with van der Waals surface area (Å²) in [7, 11) is 0. The van der Waals surface area contributed by atoms with E-state index in [1.807, 2.05) is 12.1 Å². The van der Waals surface area contributed by atoms with E-state index in [-0.39, 0.29) is 12.5 Å². The van der Waals surface area contributed by atoms with E-state index in [0.29, 0.717) is 25.9 Å². The number of hydrogen-bond donors (Lipinski definition) is 2. The fraction of sp³-hybridized carbons (Fsp3) is 0.357. The van der Waals surface area contributed by atoms with Gasteiger partial charge in [-0.05, 0) is 12.1 Å². The molecule has 0 bridgehead atoms. The molecule has 2 rings (SSSR count). The number of hydrogen-bond acceptors (Lipinski definition) is 5. The summed E-state index contributed by atoms with van der Waals surface area (Å²) in [5, 5.41) is 19.0. The van der Waals surface area contributed by atoms with E-state index in [4.69, 9.17) is 5.11 Å². The van der Waals surface area contributed by atoms with E-state index in [0.717, 1.165) is 9.75 Å². The summed E-state index contributed by atoms with van der Waals surface area (Å²) in [6.07, 6.45) is 4.16. The highest BCUT2D eigenvalue weighted by Gasteiger charge is 2.04. The number of carbonyl (C=O) groups is 1. The van der Waals surface area contributed by atoms with Crippen molar-refractivity contribution in [1.29, 1.82) is 0 Å². The number of nitrogens with zero attached hydrogens (tertiary/aromatic N) is 3. The number of aliphatic hydroxyl groups excluding tert-OH is 1. The van der Waals surface area contributed by atoms with Gasteiger partial charge in [-0.2, -0.15) is 0 Å². The Kier molecular flexibility index (Phi) is 5.94. The molecule has 110 valence electrons. The summed E-state index contributed by atoms with van der Waals surface area (Å²) in [6.45, 7) is 1.10. The zero-order valence-corrected chi connectivity index (χ0v) is 12.3. The minimum Gasteiger partial charge on any atom is -0.395 e. The zero-order chi connectivity index (χ0) is 14.9. The maximum Gasteiger partial charge on any atom is 0.222 e. The van der Waals surface area contributed by atoms with Crippen LogP contribution in [0.25, 0.3) is 0 Å². The molecule has 0 aliphatic rings. The summed E-state index contributed by atoms with van der Waals surface area (Å²) >= 11 is 1.54. The van der Waals surface area contributed by atoms with Crippen molar-refractivity contribution < 1.29 is 9.90 Å². The molecule has 0 aliphatic carbocycles. The van der Waals surface area contributed by atoms with Gasteiger partial charge in [-0.15, -0.1) is 16.4 Å². The third kappa shape index (κ3) is 5.38. The molecule has 2 aromatic rings. The van der Waals surface area contributed by atoms with E-state index in [2.05, 4.69) is 27.5 Å². The molecular formula is C14H16N4O2S. The topological polar surface area (TPSA) is 80.0 Å². The van der Waals surface area contributed by atoms with Crippen LogP contribution >= 0.6 is 11.3 Å². The molecule has 21 heavy (non-hydrogen) atoms. The second-order valence-corrected chi connectivity index (χ2v) is 5.40. The third-order valence-electron chi connectivity index (χ3n) is 2.61. The maximum absolute atomic E-state index is 11.7. The first-order chi connectivity index (χ1) is 10.3. The Hall–Kier alpha value is -2.17. The lowest BCUT2D eigenvalue weighted by atomic mass is 10.3. The Morgan fingerprint density at radius 3 is 3.14 bits per heavy atom. The van der Waals surface area contributed by atoms with Gasteiger partial charge in [-0.3, -0.25) is 9.48 Å². The number of aromatic nitrogens is 3. The third-order valence-corrected chi connectivity index (χ3v) is 3.61. The summed E-state index contributed by atoms with van der Waals surface area (Å²) < 4.78 is 1.62. The van der Waals surface area contributed by atoms with E-state index in [1.165, 1.54) is 0 Å². The van der Waals surface area contributed by atoms with Crippen molar-refractivity contribution in [3.63, 3.8) is 0 Å². The van der Waals surface area contributed by atoms with Crippen LogP contribution in [0, 0.1) is 11.8 Å². The quantitative estimate of drug-likeness (QED) is 0.773. The van der Waals surface area contributed by atoms with E-state index >= 15 is 0 Å². The largest absolute Gasteiger partial charge is 0.395 e. The summed E-state index contributed by atoms with van der Waals surface area (Å²) in [5.41, 5.74) is 0. The van der Waals surface area contributed by atoms with Crippen LogP contribution in [0.1, 0.15) is 22.6 Å². The standard InChI is InChI=1S/C14H16N4O2S/c19-10-2-1-3-12-4-5-13(21-12)11-15-14(20)6-8-18-9-7-16-17-18/h4-5,7,9,19H,2,6,8,10-11H2,(H,15,20). The summed E-state index contributed by atoms with van der Waals surface area (Å²) in [6, 6.07) is 3.87. The van der Waals surface area contributed by atoms with Crippen LogP contribution in [0.3, 0.4) is 0 Å². The highest BCUT2D eigenvalue weighted by atomic mass is 32.1. The second kappa shape index (κ2) is 8.19. The van der Waals surface area contributed by atoms with Gasteiger partial charge in [-0.1, -0.05) is 17.1 Å². The molecule has 0 aliphatic heterocycles. The number of rotatable bonds is 6. The van der Waals surface area contributed by atoms with Crippen molar-refractivity contribution in [3.8, 4) is 11.8 Å². The summed E-state index contributed by atoms with van der Waals surface area (Å²) in [4.78, 5) is 13.7. The van der Waals surface area contributed by atoms with Crippen molar-refractivity contribution in [2.24, 2.45) is 0 Å². The Morgan fingerprint density at radius 2 is 2.38 bits per heavy atom. The number of thiophene rings is 1. The Balaban J connectivity index is 1.72. The smallest absolute Gasteiger partial charge is 0.222 e. The first-order valence-electron chi connectivity index (χ1n) is 6.57. The lowest BCUT2D eigenvalue weighted by molar-refractivity contribution is -0.121. The van der Waals surface area contributed by atoms with E-state index < -0.39 is 0 Å². The van der Waals surface area contributed by atoms with Crippen LogP contribution in [0.4, 0.5) is 0 Å². The summed E-state index contributed by atoms with van der Waals surface area (Å²) in [5.74, 6) is 5.83. The predicted octanol–water partition coefficient (Wildman–Crippen LogP) is 0.780. The van der Waals surface area contributed by atoms with Gasteiger partial charge in [-0.25, -0.2) is 0 Å². The van der Waals surface area contributed by atoms with Gasteiger partial charge in [0.15, 0.2) is 0 Å². The first kappa shape index (κ1) is 15.2. The van der Waals surface area contributed by atoms with Crippen LogP contribution in [0.15, 0.2) is 24.5 Å². The number of amides is 1. The van der Waals surface area contributed by atoms with Gasteiger partial charge >= 0.3 is 0 Å². The predicted molar refractivity (Wildman–Crippen MR) is 79.4 cm³/mol. The average molecular weight is 304 g/mol. The normalized spacial score (nSPS) is 9.95. The Morgan fingerprint density at radius 1 is 1.48 bits per heavy atom. The van der Waals surface area contributed by atoms with Crippen molar-refractivity contribution in [3.05, 3.63) is 34.3 Å². The first-order valence-corrected chi connectivity index (χ1v) is 7.39. The number of aryl methyl sites for hydroxylation is 1. The fourth-order valence-corrected chi connectivity index (χ4v) is 2.41. The monoisotopic (exact) mass is 304 g/mol. The highest BCUT2D eigenvalue weighted by Crippen LogP contribution is 2.15. The van der Waals surface area contributed by atoms with Crippen molar-refractivity contribution >= 4 is 17.2 Å². The molecule has 7 heteroatoms. The van der Waals surface area contributed by atoms with Crippen LogP contribution in [0.5, 0.6) is 0 Å². The van der Waals surface area contributed by atoms with Crippen LogP contribution in [-0.2, 0) is 17.9 Å². The molecule has 0 atom stereocenters. The molecule has 2 aromatic heterocycles. The molecule has 6 nitrogen and oxygen atoms in total. The van der Waals surface area contributed by atoms with Crippen LogP contribution in [0.2, 0.25) is 0 Å². The van der Waals surface area contributed by atoms with Gasteiger partial charge in [0.05, 0.1) is 30.8 Å². The lowest BCUT2D eigenvalue weighted by Crippen LogP contribution is -2.23. The molecule has 2 N–H and O–H groups in total. The molecule has 0 radical (unpaired) electrons. The minimum atomic E-state index is -0.0215. The van der Waals surface area contributed by atoms with Gasteiger partial charge in [0.25, 0.3) is 0 Å². The second-order valence-electron chi connectivity index (χ2n) is 4.23. The molecule has 0 fully saturated rings. The Labute approximate surface area is 126 Å². The number of nitrogens with one attached hydrogen (secondary N) is 1. The molecule has 0 saturated heterocycles. The highest BCUT2D eigenvalue weighted by molar-refractivity contribution is 7.12. The zero-order valence-electron chi connectivity index (χ0n) is 11.5. The average Bonchev–Trinajstić information content (AvgIpc) is 3.15. The van der Waals surface area contributed by atoms with E-state index in [9.17, 15) is 4.79 Å².